The lowest BCUT2D eigenvalue weighted by atomic mass is 10.1. The second-order valence-electron chi connectivity index (χ2n) is 4.79. The average molecular weight is 312 g/mol. The fourth-order valence-corrected chi connectivity index (χ4v) is 2.54. The number of imidazole rings is 1. The molecular formula is C17H11ClFN3. The van der Waals surface area contributed by atoms with E-state index in [1.54, 1.807) is 10.6 Å². The minimum Gasteiger partial charge on any atom is -0.327 e. The number of fused-ring (bicyclic) bond motifs is 1. The highest BCUT2D eigenvalue weighted by molar-refractivity contribution is 6.32. The molecule has 5 heteroatoms. The zero-order valence-electron chi connectivity index (χ0n) is 11.7. The summed E-state index contributed by atoms with van der Waals surface area (Å²) in [6.07, 6.45) is 1.43. The van der Waals surface area contributed by atoms with Crippen LogP contribution in [-0.2, 0) is 7.05 Å². The van der Waals surface area contributed by atoms with Crippen molar-refractivity contribution in [2.75, 3.05) is 0 Å². The molecule has 0 bridgehead atoms. The van der Waals surface area contributed by atoms with Gasteiger partial charge in [-0.3, -0.25) is 0 Å². The van der Waals surface area contributed by atoms with Crippen molar-refractivity contribution in [1.29, 1.82) is 5.26 Å². The molecule has 0 unspecified atom stereocenters. The highest BCUT2D eigenvalue weighted by Crippen LogP contribution is 2.26. The maximum Gasteiger partial charge on any atom is 0.151 e. The molecule has 3 aromatic rings. The molecule has 108 valence electrons. The number of aryl methyl sites for hydroxylation is 1. The van der Waals surface area contributed by atoms with E-state index < -0.39 is 5.82 Å². The summed E-state index contributed by atoms with van der Waals surface area (Å²) in [6, 6.07) is 14.0. The van der Waals surface area contributed by atoms with Crippen molar-refractivity contribution in [3.63, 3.8) is 0 Å². The molecule has 0 radical (unpaired) electrons. The minimum absolute atomic E-state index is 0.188. The van der Waals surface area contributed by atoms with Gasteiger partial charge in [0.25, 0.3) is 0 Å². The van der Waals surface area contributed by atoms with Crippen LogP contribution in [0.4, 0.5) is 4.39 Å². The van der Waals surface area contributed by atoms with Gasteiger partial charge in [-0.15, -0.1) is 0 Å². The quantitative estimate of drug-likeness (QED) is 0.657. The van der Waals surface area contributed by atoms with Crippen LogP contribution in [0.15, 0.2) is 42.5 Å². The molecule has 1 heterocycles. The molecule has 0 saturated carbocycles. The summed E-state index contributed by atoms with van der Waals surface area (Å²) in [5, 5.41) is 9.69. The van der Waals surface area contributed by atoms with Crippen LogP contribution in [0, 0.1) is 17.1 Å². The maximum atomic E-state index is 13.9. The summed E-state index contributed by atoms with van der Waals surface area (Å²) in [6.45, 7) is 0. The zero-order valence-corrected chi connectivity index (χ0v) is 12.5. The lowest BCUT2D eigenvalue weighted by molar-refractivity contribution is 0.625. The van der Waals surface area contributed by atoms with Gasteiger partial charge in [0, 0.05) is 12.6 Å². The van der Waals surface area contributed by atoms with Gasteiger partial charge in [0.05, 0.1) is 21.6 Å². The number of hydrogen-bond acceptors (Lipinski definition) is 2. The number of halogens is 2. The number of nitrogens with zero attached hydrogens (tertiary/aromatic N) is 3. The monoisotopic (exact) mass is 311 g/mol. The van der Waals surface area contributed by atoms with E-state index in [1.807, 2.05) is 31.3 Å². The average Bonchev–Trinajstić information content (AvgIpc) is 2.85. The largest absolute Gasteiger partial charge is 0.327 e. The smallest absolute Gasteiger partial charge is 0.151 e. The summed E-state index contributed by atoms with van der Waals surface area (Å²) in [5.41, 5.74) is 2.12. The molecule has 0 spiro atoms. The molecule has 3 rings (SSSR count). The van der Waals surface area contributed by atoms with Gasteiger partial charge in [-0.05, 0) is 30.3 Å². The fourth-order valence-electron chi connectivity index (χ4n) is 2.33. The summed E-state index contributed by atoms with van der Waals surface area (Å²) in [4.78, 5) is 4.45. The fraction of sp³-hybridized carbons (Fsp3) is 0.0588. The van der Waals surface area contributed by atoms with Gasteiger partial charge in [0.1, 0.15) is 11.9 Å². The van der Waals surface area contributed by atoms with Crippen molar-refractivity contribution >= 4 is 34.3 Å². The predicted octanol–water partition coefficient (Wildman–Crippen LogP) is 4.43. The van der Waals surface area contributed by atoms with E-state index in [-0.39, 0.29) is 16.2 Å². The molecule has 0 aliphatic carbocycles. The Morgan fingerprint density at radius 1 is 1.27 bits per heavy atom. The number of allylic oxidation sites excluding steroid dienone is 1. The van der Waals surface area contributed by atoms with Crippen LogP contribution < -0.4 is 0 Å². The predicted molar refractivity (Wildman–Crippen MR) is 85.6 cm³/mol. The number of aromatic nitrogens is 2. The van der Waals surface area contributed by atoms with Crippen molar-refractivity contribution in [1.82, 2.24) is 9.55 Å². The van der Waals surface area contributed by atoms with E-state index in [4.69, 9.17) is 11.6 Å². The number of para-hydroxylation sites is 2. The van der Waals surface area contributed by atoms with Crippen LogP contribution in [0.25, 0.3) is 22.7 Å². The summed E-state index contributed by atoms with van der Waals surface area (Å²) in [5.74, 6) is 0.00188. The summed E-state index contributed by atoms with van der Waals surface area (Å²) < 4.78 is 15.7. The maximum absolute atomic E-state index is 13.9. The molecule has 3 nitrogen and oxygen atoms in total. The molecule has 0 amide bonds. The number of rotatable bonds is 2. The molecule has 0 atom stereocenters. The van der Waals surface area contributed by atoms with Crippen LogP contribution in [0.2, 0.25) is 5.02 Å². The molecule has 0 saturated heterocycles. The first-order valence-corrected chi connectivity index (χ1v) is 6.97. The molecule has 22 heavy (non-hydrogen) atoms. The van der Waals surface area contributed by atoms with Crippen LogP contribution in [0.3, 0.4) is 0 Å². The summed E-state index contributed by atoms with van der Waals surface area (Å²) in [7, 11) is 1.82. The first-order valence-electron chi connectivity index (χ1n) is 6.59. The van der Waals surface area contributed by atoms with Crippen molar-refractivity contribution in [3.8, 4) is 6.07 Å². The molecule has 0 aliphatic rings. The first kappa shape index (κ1) is 14.3. The Morgan fingerprint density at radius 3 is 2.73 bits per heavy atom. The third-order valence-electron chi connectivity index (χ3n) is 3.44. The van der Waals surface area contributed by atoms with Crippen LogP contribution >= 0.6 is 11.6 Å². The van der Waals surface area contributed by atoms with Crippen LogP contribution in [0.5, 0.6) is 0 Å². The molecule has 0 aliphatic heterocycles. The van der Waals surface area contributed by atoms with Gasteiger partial charge < -0.3 is 4.57 Å². The molecule has 0 fully saturated rings. The minimum atomic E-state index is -0.473. The topological polar surface area (TPSA) is 41.6 Å². The van der Waals surface area contributed by atoms with Gasteiger partial charge in [-0.1, -0.05) is 29.8 Å². The van der Waals surface area contributed by atoms with Crippen molar-refractivity contribution < 1.29 is 4.39 Å². The molecule has 1 aromatic heterocycles. The van der Waals surface area contributed by atoms with E-state index in [0.717, 1.165) is 11.0 Å². The van der Waals surface area contributed by atoms with Crippen molar-refractivity contribution in [2.24, 2.45) is 7.05 Å². The van der Waals surface area contributed by atoms with E-state index >= 15 is 0 Å². The van der Waals surface area contributed by atoms with Crippen LogP contribution in [-0.4, -0.2) is 9.55 Å². The Morgan fingerprint density at radius 2 is 2.05 bits per heavy atom. The van der Waals surface area contributed by atoms with Crippen molar-refractivity contribution in [2.45, 2.75) is 0 Å². The third-order valence-corrected chi connectivity index (χ3v) is 3.77. The number of benzene rings is 2. The Balaban J connectivity index is 2.21. The number of hydrogen-bond donors (Lipinski definition) is 0. The molecular weight excluding hydrogens is 301 g/mol. The second-order valence-corrected chi connectivity index (χ2v) is 5.20. The highest BCUT2D eigenvalue weighted by Gasteiger charge is 2.13. The Bertz CT molecular complexity index is 914. The van der Waals surface area contributed by atoms with Crippen LogP contribution in [0.1, 0.15) is 11.4 Å². The van der Waals surface area contributed by atoms with Crippen molar-refractivity contribution in [3.05, 3.63) is 64.7 Å². The normalized spacial score (nSPS) is 11.6. The Hall–Kier alpha value is -2.64. The SMILES string of the molecule is Cn1c(/C(C#N)=C/c2c(F)cccc2Cl)nc2ccccc21. The molecule has 2 aromatic carbocycles. The molecule has 0 N–H and O–H groups in total. The van der Waals surface area contributed by atoms with E-state index in [9.17, 15) is 9.65 Å². The lowest BCUT2D eigenvalue weighted by Crippen LogP contribution is -1.96. The van der Waals surface area contributed by atoms with E-state index in [1.165, 1.54) is 18.2 Å². The van der Waals surface area contributed by atoms with E-state index in [2.05, 4.69) is 11.1 Å². The Labute approximate surface area is 131 Å². The second kappa shape index (κ2) is 5.63. The first-order chi connectivity index (χ1) is 10.6. The highest BCUT2D eigenvalue weighted by atomic mass is 35.5. The van der Waals surface area contributed by atoms with Gasteiger partial charge in [0.2, 0.25) is 0 Å². The third kappa shape index (κ3) is 2.36. The zero-order chi connectivity index (χ0) is 15.7. The lowest BCUT2D eigenvalue weighted by Gasteiger charge is -2.03. The van der Waals surface area contributed by atoms with Gasteiger partial charge in [-0.2, -0.15) is 5.26 Å². The van der Waals surface area contributed by atoms with Gasteiger partial charge >= 0.3 is 0 Å². The van der Waals surface area contributed by atoms with E-state index in [0.29, 0.717) is 5.82 Å². The summed E-state index contributed by atoms with van der Waals surface area (Å²) >= 11 is 6.02. The number of nitriles is 1. The van der Waals surface area contributed by atoms with Gasteiger partial charge in [0.15, 0.2) is 5.82 Å². The Kier molecular flexibility index (Phi) is 3.66. The van der Waals surface area contributed by atoms with Gasteiger partial charge in [-0.25, -0.2) is 9.37 Å². The standard InChI is InChI=1S/C17H11ClFN3/c1-22-16-8-3-2-7-15(16)21-17(22)11(10-20)9-12-13(18)5-4-6-14(12)19/h2-9H,1H3/b11-9+.